The molecule has 1 N–H and O–H groups in total. The number of aryl methyl sites for hydroxylation is 1. The van der Waals surface area contributed by atoms with E-state index in [0.29, 0.717) is 13.0 Å². The molecule has 0 unspecified atom stereocenters. The number of carbonyl (C=O) groups is 1. The number of nitrogens with zero attached hydrogens (tertiary/aromatic N) is 1. The number of anilines is 1. The average molecular weight is 263 g/mol. The minimum atomic E-state index is -0.832. The van der Waals surface area contributed by atoms with E-state index in [-0.39, 0.29) is 12.5 Å². The number of unbranched alkanes of at least 4 members (excludes halogenated alkanes) is 1. The maximum atomic E-state index is 12.5. The maximum absolute atomic E-state index is 12.5. The normalized spacial score (nSPS) is 17.1. The van der Waals surface area contributed by atoms with Crippen molar-refractivity contribution in [3.05, 3.63) is 23.8 Å². The van der Waals surface area contributed by atoms with Gasteiger partial charge in [-0.05, 0) is 51.3 Å². The van der Waals surface area contributed by atoms with E-state index < -0.39 is 5.60 Å². The van der Waals surface area contributed by atoms with Crippen molar-refractivity contribution in [3.63, 3.8) is 0 Å². The average Bonchev–Trinajstić information content (AvgIpc) is 2.35. The second-order valence-corrected chi connectivity index (χ2v) is 5.47. The van der Waals surface area contributed by atoms with Gasteiger partial charge in [-0.1, -0.05) is 6.07 Å². The molecule has 0 spiro atoms. The van der Waals surface area contributed by atoms with E-state index in [1.807, 2.05) is 25.1 Å². The summed E-state index contributed by atoms with van der Waals surface area (Å²) in [6.45, 7) is 6.34. The molecule has 4 heteroatoms. The summed E-state index contributed by atoms with van der Waals surface area (Å²) < 4.78 is 5.78. The Labute approximate surface area is 114 Å². The highest BCUT2D eigenvalue weighted by Crippen LogP contribution is 2.38. The Bertz CT molecular complexity index is 482. The molecular formula is C15H21NO3. The number of amides is 1. The monoisotopic (exact) mass is 263 g/mol. The highest BCUT2D eigenvalue weighted by atomic mass is 16.5. The number of ether oxygens (including phenoxy) is 1. The van der Waals surface area contributed by atoms with Crippen LogP contribution in [0.5, 0.6) is 5.75 Å². The molecule has 1 heterocycles. The number of benzene rings is 1. The summed E-state index contributed by atoms with van der Waals surface area (Å²) in [4.78, 5) is 14.2. The summed E-state index contributed by atoms with van der Waals surface area (Å²) in [7, 11) is 0. The van der Waals surface area contributed by atoms with E-state index in [1.54, 1.807) is 18.7 Å². The molecule has 19 heavy (non-hydrogen) atoms. The first-order chi connectivity index (χ1) is 8.95. The first kappa shape index (κ1) is 13.9. The van der Waals surface area contributed by atoms with Crippen LogP contribution in [-0.2, 0) is 4.79 Å². The van der Waals surface area contributed by atoms with Gasteiger partial charge in [0.15, 0.2) is 5.60 Å². The van der Waals surface area contributed by atoms with E-state index in [2.05, 4.69) is 0 Å². The molecule has 0 bridgehead atoms. The number of hydrogen-bond acceptors (Lipinski definition) is 3. The van der Waals surface area contributed by atoms with Crippen LogP contribution in [0.4, 0.5) is 5.69 Å². The van der Waals surface area contributed by atoms with Crippen LogP contribution in [0.15, 0.2) is 18.2 Å². The van der Waals surface area contributed by atoms with Crippen LogP contribution in [0, 0.1) is 6.92 Å². The van der Waals surface area contributed by atoms with Gasteiger partial charge in [0, 0.05) is 13.2 Å². The first-order valence-electron chi connectivity index (χ1n) is 6.68. The lowest BCUT2D eigenvalue weighted by Crippen LogP contribution is -2.52. The summed E-state index contributed by atoms with van der Waals surface area (Å²) in [5, 5.41) is 8.88. The van der Waals surface area contributed by atoms with Gasteiger partial charge < -0.3 is 14.7 Å². The molecular weight excluding hydrogens is 242 g/mol. The molecule has 0 saturated heterocycles. The molecule has 1 aromatic rings. The SMILES string of the molecule is Cc1ccc2c(c1)N(CCCCO)C(=O)C(C)(C)O2. The molecule has 4 nitrogen and oxygen atoms in total. The first-order valence-corrected chi connectivity index (χ1v) is 6.68. The van der Waals surface area contributed by atoms with Crippen molar-refractivity contribution in [3.8, 4) is 5.75 Å². The lowest BCUT2D eigenvalue weighted by Gasteiger charge is -2.39. The number of rotatable bonds is 4. The third-order valence-corrected chi connectivity index (χ3v) is 3.32. The molecule has 0 aliphatic carbocycles. The topological polar surface area (TPSA) is 49.8 Å². The Morgan fingerprint density at radius 3 is 2.74 bits per heavy atom. The predicted octanol–water partition coefficient (Wildman–Crippen LogP) is 2.27. The molecule has 0 fully saturated rings. The third-order valence-electron chi connectivity index (χ3n) is 3.32. The Morgan fingerprint density at radius 1 is 1.32 bits per heavy atom. The predicted molar refractivity (Wildman–Crippen MR) is 74.6 cm³/mol. The van der Waals surface area contributed by atoms with E-state index >= 15 is 0 Å². The van der Waals surface area contributed by atoms with Gasteiger partial charge in [-0.25, -0.2) is 0 Å². The van der Waals surface area contributed by atoms with E-state index in [4.69, 9.17) is 9.84 Å². The van der Waals surface area contributed by atoms with Gasteiger partial charge in [0.1, 0.15) is 5.75 Å². The number of aliphatic hydroxyl groups excluding tert-OH is 1. The highest BCUT2D eigenvalue weighted by molar-refractivity contribution is 6.02. The second kappa shape index (κ2) is 5.21. The molecule has 0 saturated carbocycles. The Balaban J connectivity index is 2.33. The van der Waals surface area contributed by atoms with Gasteiger partial charge in [-0.15, -0.1) is 0 Å². The molecule has 1 aliphatic rings. The van der Waals surface area contributed by atoms with Crippen LogP contribution in [0.1, 0.15) is 32.3 Å². The van der Waals surface area contributed by atoms with Gasteiger partial charge in [0.05, 0.1) is 5.69 Å². The Hall–Kier alpha value is -1.55. The highest BCUT2D eigenvalue weighted by Gasteiger charge is 2.40. The van der Waals surface area contributed by atoms with Gasteiger partial charge in [-0.2, -0.15) is 0 Å². The Kier molecular flexibility index (Phi) is 3.80. The molecule has 2 rings (SSSR count). The van der Waals surface area contributed by atoms with Crippen LogP contribution in [0.2, 0.25) is 0 Å². The largest absolute Gasteiger partial charge is 0.476 e. The lowest BCUT2D eigenvalue weighted by molar-refractivity contribution is -0.132. The van der Waals surface area contributed by atoms with E-state index in [1.165, 1.54) is 0 Å². The summed E-state index contributed by atoms with van der Waals surface area (Å²) in [6.07, 6.45) is 1.48. The maximum Gasteiger partial charge on any atom is 0.270 e. The molecule has 1 aliphatic heterocycles. The van der Waals surface area contributed by atoms with Crippen molar-refractivity contribution in [1.29, 1.82) is 0 Å². The number of fused-ring (bicyclic) bond motifs is 1. The second-order valence-electron chi connectivity index (χ2n) is 5.47. The van der Waals surface area contributed by atoms with Crippen LogP contribution < -0.4 is 9.64 Å². The van der Waals surface area contributed by atoms with Gasteiger partial charge in [0.25, 0.3) is 5.91 Å². The van der Waals surface area contributed by atoms with Gasteiger partial charge >= 0.3 is 0 Å². The molecule has 0 aromatic heterocycles. The fourth-order valence-corrected chi connectivity index (χ4v) is 2.28. The minimum absolute atomic E-state index is 0.0245. The number of aliphatic hydroxyl groups is 1. The summed E-state index contributed by atoms with van der Waals surface area (Å²) >= 11 is 0. The molecule has 0 radical (unpaired) electrons. The zero-order chi connectivity index (χ0) is 14.0. The van der Waals surface area contributed by atoms with Crippen molar-refractivity contribution in [2.24, 2.45) is 0 Å². The quantitative estimate of drug-likeness (QED) is 0.848. The molecule has 1 aromatic carbocycles. The molecule has 0 atom stereocenters. The zero-order valence-corrected chi connectivity index (χ0v) is 11.8. The molecule has 1 amide bonds. The minimum Gasteiger partial charge on any atom is -0.476 e. The molecule has 104 valence electrons. The van der Waals surface area contributed by atoms with E-state index in [0.717, 1.165) is 23.4 Å². The van der Waals surface area contributed by atoms with Crippen LogP contribution in [-0.4, -0.2) is 29.8 Å². The van der Waals surface area contributed by atoms with Crippen molar-refractivity contribution < 1.29 is 14.6 Å². The van der Waals surface area contributed by atoms with Crippen LogP contribution in [0.25, 0.3) is 0 Å². The third kappa shape index (κ3) is 2.73. The van der Waals surface area contributed by atoms with Crippen LogP contribution >= 0.6 is 0 Å². The fourth-order valence-electron chi connectivity index (χ4n) is 2.28. The van der Waals surface area contributed by atoms with Crippen molar-refractivity contribution >= 4 is 11.6 Å². The summed E-state index contributed by atoms with van der Waals surface area (Å²) in [6, 6.07) is 5.87. The van der Waals surface area contributed by atoms with Gasteiger partial charge in [-0.3, -0.25) is 4.79 Å². The zero-order valence-electron chi connectivity index (χ0n) is 11.8. The summed E-state index contributed by atoms with van der Waals surface area (Å²) in [5.74, 6) is 0.725. The fraction of sp³-hybridized carbons (Fsp3) is 0.533. The standard InChI is InChI=1S/C15H21NO3/c1-11-6-7-13-12(10-11)16(8-4-5-9-17)14(18)15(2,3)19-13/h6-7,10,17H,4-5,8-9H2,1-3H3. The summed E-state index contributed by atoms with van der Waals surface area (Å²) in [5.41, 5.74) is 1.10. The Morgan fingerprint density at radius 2 is 2.05 bits per heavy atom. The van der Waals surface area contributed by atoms with Crippen LogP contribution in [0.3, 0.4) is 0 Å². The number of hydrogen-bond donors (Lipinski definition) is 1. The van der Waals surface area contributed by atoms with Crippen molar-refractivity contribution in [2.45, 2.75) is 39.2 Å². The van der Waals surface area contributed by atoms with E-state index in [9.17, 15) is 4.79 Å². The van der Waals surface area contributed by atoms with Gasteiger partial charge in [0.2, 0.25) is 0 Å². The number of carbonyl (C=O) groups excluding carboxylic acids is 1. The van der Waals surface area contributed by atoms with Crippen molar-refractivity contribution in [1.82, 2.24) is 0 Å². The lowest BCUT2D eigenvalue weighted by atomic mass is 10.0. The van der Waals surface area contributed by atoms with Crippen molar-refractivity contribution in [2.75, 3.05) is 18.1 Å². The smallest absolute Gasteiger partial charge is 0.270 e.